The molecule has 0 aromatic heterocycles. The van der Waals surface area contributed by atoms with E-state index in [1.54, 1.807) is 7.11 Å². The molecule has 0 saturated carbocycles. The van der Waals surface area contributed by atoms with Crippen molar-refractivity contribution in [2.45, 2.75) is 37.9 Å². The van der Waals surface area contributed by atoms with E-state index in [9.17, 15) is 0 Å². The molecule has 16 heavy (non-hydrogen) atoms. The van der Waals surface area contributed by atoms with Crippen LogP contribution >= 0.6 is 0 Å². The maximum Gasteiger partial charge on any atom is 0.119 e. The molecule has 2 aliphatic heterocycles. The molecule has 2 atom stereocenters. The first kappa shape index (κ1) is 9.97. The summed E-state index contributed by atoms with van der Waals surface area (Å²) in [5, 5.41) is 0. The fourth-order valence-corrected chi connectivity index (χ4v) is 3.05. The smallest absolute Gasteiger partial charge is 0.119 e. The summed E-state index contributed by atoms with van der Waals surface area (Å²) in [5.41, 5.74) is 8.91. The average molecular weight is 218 g/mol. The summed E-state index contributed by atoms with van der Waals surface area (Å²) in [6, 6.07) is 6.95. The zero-order chi connectivity index (χ0) is 11.1. The van der Waals surface area contributed by atoms with Crippen molar-refractivity contribution in [3.05, 3.63) is 23.8 Å². The minimum Gasteiger partial charge on any atom is -0.497 e. The lowest BCUT2D eigenvalue weighted by atomic mass is 10.00. The minimum atomic E-state index is 0.202. The van der Waals surface area contributed by atoms with Crippen molar-refractivity contribution in [3.8, 4) is 5.75 Å². The van der Waals surface area contributed by atoms with Crippen LogP contribution in [0.15, 0.2) is 18.2 Å². The Morgan fingerprint density at radius 1 is 1.38 bits per heavy atom. The van der Waals surface area contributed by atoms with Crippen LogP contribution in [0.2, 0.25) is 0 Å². The quantitative estimate of drug-likeness (QED) is 0.782. The molecule has 0 aliphatic carbocycles. The van der Waals surface area contributed by atoms with Crippen LogP contribution in [0.1, 0.15) is 24.8 Å². The van der Waals surface area contributed by atoms with E-state index in [0.29, 0.717) is 6.04 Å². The molecular formula is C13H18N2O. The Balaban J connectivity index is 1.99. The van der Waals surface area contributed by atoms with E-state index >= 15 is 0 Å². The molecule has 1 aromatic carbocycles. The standard InChI is InChI=1S/C13H18N2O/c1-16-11-5-6-12-9(8-11)7-10-3-2-4-13(14)15(10)12/h5-6,8,10,13H,2-4,7,14H2,1H3. The topological polar surface area (TPSA) is 38.5 Å². The normalized spacial score (nSPS) is 27.5. The molecule has 0 bridgehead atoms. The zero-order valence-corrected chi connectivity index (χ0v) is 9.65. The first-order valence-corrected chi connectivity index (χ1v) is 6.00. The summed E-state index contributed by atoms with van der Waals surface area (Å²) in [4.78, 5) is 2.40. The van der Waals surface area contributed by atoms with Crippen LogP contribution in [-0.2, 0) is 6.42 Å². The predicted molar refractivity (Wildman–Crippen MR) is 64.8 cm³/mol. The number of hydrogen-bond donors (Lipinski definition) is 1. The second kappa shape index (κ2) is 3.67. The summed E-state index contributed by atoms with van der Waals surface area (Å²) in [5.74, 6) is 0.951. The number of fused-ring (bicyclic) bond motifs is 3. The van der Waals surface area contributed by atoms with E-state index in [-0.39, 0.29) is 6.17 Å². The van der Waals surface area contributed by atoms with Gasteiger partial charge in [-0.1, -0.05) is 0 Å². The molecule has 2 heterocycles. The monoisotopic (exact) mass is 218 g/mol. The Bertz CT molecular complexity index is 405. The first-order valence-electron chi connectivity index (χ1n) is 6.00. The summed E-state index contributed by atoms with van der Waals surface area (Å²) in [7, 11) is 1.72. The van der Waals surface area contributed by atoms with Gasteiger partial charge in [-0.15, -0.1) is 0 Å². The van der Waals surface area contributed by atoms with Crippen molar-refractivity contribution in [3.63, 3.8) is 0 Å². The molecule has 1 saturated heterocycles. The largest absolute Gasteiger partial charge is 0.497 e. The van der Waals surface area contributed by atoms with Crippen LogP contribution in [0, 0.1) is 0 Å². The van der Waals surface area contributed by atoms with Crippen LogP contribution in [-0.4, -0.2) is 19.3 Å². The molecule has 0 amide bonds. The van der Waals surface area contributed by atoms with Crippen LogP contribution in [0.25, 0.3) is 0 Å². The maximum absolute atomic E-state index is 6.20. The highest BCUT2D eigenvalue weighted by Gasteiger charge is 2.35. The molecular weight excluding hydrogens is 200 g/mol. The van der Waals surface area contributed by atoms with Gasteiger partial charge < -0.3 is 15.4 Å². The molecule has 3 heteroatoms. The van der Waals surface area contributed by atoms with Gasteiger partial charge in [0.15, 0.2) is 0 Å². The first-order chi connectivity index (χ1) is 7.79. The van der Waals surface area contributed by atoms with Gasteiger partial charge in [-0.3, -0.25) is 0 Å². The third-order valence-electron chi connectivity index (χ3n) is 3.81. The molecule has 2 unspecified atom stereocenters. The van der Waals surface area contributed by atoms with Gasteiger partial charge in [0.05, 0.1) is 13.3 Å². The number of methoxy groups -OCH3 is 1. The van der Waals surface area contributed by atoms with Crippen molar-refractivity contribution in [2.24, 2.45) is 5.73 Å². The van der Waals surface area contributed by atoms with Gasteiger partial charge in [0, 0.05) is 11.7 Å². The van der Waals surface area contributed by atoms with Crippen molar-refractivity contribution in [1.29, 1.82) is 0 Å². The van der Waals surface area contributed by atoms with Gasteiger partial charge in [0.1, 0.15) is 5.75 Å². The minimum absolute atomic E-state index is 0.202. The Morgan fingerprint density at radius 2 is 2.25 bits per heavy atom. The maximum atomic E-state index is 6.20. The van der Waals surface area contributed by atoms with Crippen LogP contribution in [0.3, 0.4) is 0 Å². The second-order valence-electron chi connectivity index (χ2n) is 4.76. The lowest BCUT2D eigenvalue weighted by molar-refractivity contribution is 0.401. The Labute approximate surface area is 96.2 Å². The van der Waals surface area contributed by atoms with E-state index in [1.165, 1.54) is 24.1 Å². The van der Waals surface area contributed by atoms with Crippen molar-refractivity contribution in [2.75, 3.05) is 12.0 Å². The van der Waals surface area contributed by atoms with Gasteiger partial charge in [-0.25, -0.2) is 0 Å². The zero-order valence-electron chi connectivity index (χ0n) is 9.65. The fourth-order valence-electron chi connectivity index (χ4n) is 3.05. The molecule has 0 radical (unpaired) electrons. The SMILES string of the molecule is COc1ccc2c(c1)CC1CCCC(N)N21. The highest BCUT2D eigenvalue weighted by Crippen LogP contribution is 2.39. The molecule has 3 nitrogen and oxygen atoms in total. The Kier molecular flexibility index (Phi) is 2.28. The van der Waals surface area contributed by atoms with E-state index in [0.717, 1.165) is 18.6 Å². The number of rotatable bonds is 1. The van der Waals surface area contributed by atoms with Gasteiger partial charge in [0.25, 0.3) is 0 Å². The third kappa shape index (κ3) is 1.39. The third-order valence-corrected chi connectivity index (χ3v) is 3.81. The fraction of sp³-hybridized carbons (Fsp3) is 0.538. The second-order valence-corrected chi connectivity index (χ2v) is 4.76. The van der Waals surface area contributed by atoms with Crippen molar-refractivity contribution in [1.82, 2.24) is 0 Å². The molecule has 0 spiro atoms. The van der Waals surface area contributed by atoms with Gasteiger partial charge in [-0.05, 0) is 49.4 Å². The molecule has 1 aromatic rings. The number of benzene rings is 1. The summed E-state index contributed by atoms with van der Waals surface area (Å²) >= 11 is 0. The van der Waals surface area contributed by atoms with Crippen LogP contribution in [0.5, 0.6) is 5.75 Å². The molecule has 2 N–H and O–H groups in total. The molecule has 2 aliphatic rings. The molecule has 86 valence electrons. The predicted octanol–water partition coefficient (Wildman–Crippen LogP) is 1.89. The lowest BCUT2D eigenvalue weighted by Gasteiger charge is -2.37. The number of piperidine rings is 1. The van der Waals surface area contributed by atoms with E-state index in [2.05, 4.69) is 17.0 Å². The van der Waals surface area contributed by atoms with Crippen molar-refractivity contribution < 1.29 is 4.74 Å². The number of ether oxygens (including phenoxy) is 1. The summed E-state index contributed by atoms with van der Waals surface area (Å²) in [6.07, 6.45) is 4.97. The van der Waals surface area contributed by atoms with Gasteiger partial charge in [0.2, 0.25) is 0 Å². The Morgan fingerprint density at radius 3 is 3.06 bits per heavy atom. The Hall–Kier alpha value is -1.22. The lowest BCUT2D eigenvalue weighted by Crippen LogP contribution is -2.49. The van der Waals surface area contributed by atoms with E-state index in [4.69, 9.17) is 10.5 Å². The highest BCUT2D eigenvalue weighted by molar-refractivity contribution is 5.62. The summed E-state index contributed by atoms with van der Waals surface area (Å²) in [6.45, 7) is 0. The van der Waals surface area contributed by atoms with Crippen LogP contribution < -0.4 is 15.4 Å². The average Bonchev–Trinajstić information content (AvgIpc) is 2.67. The summed E-state index contributed by atoms with van der Waals surface area (Å²) < 4.78 is 5.27. The van der Waals surface area contributed by atoms with Gasteiger partial charge >= 0.3 is 0 Å². The number of hydrogen-bond acceptors (Lipinski definition) is 3. The molecule has 3 rings (SSSR count). The van der Waals surface area contributed by atoms with Crippen LogP contribution in [0.4, 0.5) is 5.69 Å². The number of nitrogens with two attached hydrogens (primary N) is 1. The molecule has 1 fully saturated rings. The highest BCUT2D eigenvalue weighted by atomic mass is 16.5. The van der Waals surface area contributed by atoms with E-state index < -0.39 is 0 Å². The van der Waals surface area contributed by atoms with Gasteiger partial charge in [-0.2, -0.15) is 0 Å². The number of anilines is 1. The van der Waals surface area contributed by atoms with Crippen molar-refractivity contribution >= 4 is 5.69 Å². The van der Waals surface area contributed by atoms with E-state index in [1.807, 2.05) is 6.07 Å². The number of nitrogens with zero attached hydrogens (tertiary/aromatic N) is 1.